The number of nitrogens with one attached hydrogen (secondary N) is 1. The van der Waals surface area contributed by atoms with Crippen molar-refractivity contribution >= 4 is 27.6 Å². The maximum Gasteiger partial charge on any atom is 0.261 e. The van der Waals surface area contributed by atoms with Crippen LogP contribution >= 0.6 is 0 Å². The maximum atomic E-state index is 13.5. The molecule has 2 heterocycles. The Morgan fingerprint density at radius 3 is 2.69 bits per heavy atom. The SMILES string of the molecule is CC(=O)c1cc(C)cc2c(=O)n(C)c(-c3cc4cc(F)ccc4[nH]3)nc12. The Labute approximate surface area is 148 Å². The Morgan fingerprint density at radius 2 is 1.96 bits per heavy atom. The molecule has 0 amide bonds. The largest absolute Gasteiger partial charge is 0.352 e. The Bertz CT molecular complexity index is 1270. The summed E-state index contributed by atoms with van der Waals surface area (Å²) in [5.74, 6) is -0.0904. The molecule has 0 spiro atoms. The first kappa shape index (κ1) is 16.2. The van der Waals surface area contributed by atoms with Gasteiger partial charge in [0.1, 0.15) is 5.82 Å². The molecule has 0 radical (unpaired) electrons. The van der Waals surface area contributed by atoms with E-state index >= 15 is 0 Å². The quantitative estimate of drug-likeness (QED) is 0.561. The average Bonchev–Trinajstić information content (AvgIpc) is 3.00. The number of hydrogen-bond donors (Lipinski definition) is 1. The van der Waals surface area contributed by atoms with Gasteiger partial charge in [-0.15, -0.1) is 0 Å². The maximum absolute atomic E-state index is 13.5. The molecule has 4 rings (SSSR count). The van der Waals surface area contributed by atoms with Gasteiger partial charge in [0.2, 0.25) is 0 Å². The normalized spacial score (nSPS) is 11.4. The lowest BCUT2D eigenvalue weighted by atomic mass is 10.0. The van der Waals surface area contributed by atoms with E-state index in [1.165, 1.54) is 23.6 Å². The van der Waals surface area contributed by atoms with E-state index in [-0.39, 0.29) is 17.2 Å². The van der Waals surface area contributed by atoms with Crippen molar-refractivity contribution in [3.8, 4) is 11.5 Å². The van der Waals surface area contributed by atoms with Crippen molar-refractivity contribution in [1.82, 2.24) is 14.5 Å². The lowest BCUT2D eigenvalue weighted by Crippen LogP contribution is -2.21. The summed E-state index contributed by atoms with van der Waals surface area (Å²) >= 11 is 0. The number of fused-ring (bicyclic) bond motifs is 2. The number of rotatable bonds is 2. The van der Waals surface area contributed by atoms with Gasteiger partial charge in [-0.1, -0.05) is 0 Å². The molecule has 0 saturated carbocycles. The number of H-pyrrole nitrogens is 1. The molecule has 0 bridgehead atoms. The predicted octanol–water partition coefficient (Wildman–Crippen LogP) is 3.73. The molecule has 0 unspecified atom stereocenters. The molecule has 4 aromatic rings. The fourth-order valence-corrected chi connectivity index (χ4v) is 3.25. The van der Waals surface area contributed by atoms with Gasteiger partial charge in [0.25, 0.3) is 5.56 Å². The number of carbonyl (C=O) groups is 1. The smallest absolute Gasteiger partial charge is 0.261 e. The summed E-state index contributed by atoms with van der Waals surface area (Å²) in [5, 5.41) is 1.09. The number of hydrogen-bond acceptors (Lipinski definition) is 3. The highest BCUT2D eigenvalue weighted by Crippen LogP contribution is 2.25. The number of benzene rings is 2. The summed E-state index contributed by atoms with van der Waals surface area (Å²) in [4.78, 5) is 32.7. The predicted molar refractivity (Wildman–Crippen MR) is 99.0 cm³/mol. The third kappa shape index (κ3) is 2.42. The molecule has 0 saturated heterocycles. The average molecular weight is 349 g/mol. The van der Waals surface area contributed by atoms with Crippen LogP contribution in [0.4, 0.5) is 4.39 Å². The highest BCUT2D eigenvalue weighted by atomic mass is 19.1. The highest BCUT2D eigenvalue weighted by molar-refractivity contribution is 6.06. The zero-order valence-corrected chi connectivity index (χ0v) is 14.6. The molecule has 0 aliphatic rings. The van der Waals surface area contributed by atoms with Crippen molar-refractivity contribution < 1.29 is 9.18 Å². The molecule has 5 nitrogen and oxygen atoms in total. The van der Waals surface area contributed by atoms with Crippen LogP contribution in [0.5, 0.6) is 0 Å². The Morgan fingerprint density at radius 1 is 1.19 bits per heavy atom. The molecule has 2 aromatic heterocycles. The van der Waals surface area contributed by atoms with E-state index in [0.29, 0.717) is 33.4 Å². The number of carbonyl (C=O) groups excluding carboxylic acids is 1. The van der Waals surface area contributed by atoms with E-state index in [0.717, 1.165) is 11.1 Å². The van der Waals surface area contributed by atoms with E-state index < -0.39 is 0 Å². The third-order valence-electron chi connectivity index (χ3n) is 4.53. The van der Waals surface area contributed by atoms with Crippen LogP contribution in [0.3, 0.4) is 0 Å². The van der Waals surface area contributed by atoms with Gasteiger partial charge in [-0.2, -0.15) is 0 Å². The number of aryl methyl sites for hydroxylation is 1. The van der Waals surface area contributed by atoms with Crippen LogP contribution in [0.1, 0.15) is 22.8 Å². The Hall–Kier alpha value is -3.28. The van der Waals surface area contributed by atoms with Crippen LogP contribution < -0.4 is 5.56 Å². The zero-order chi connectivity index (χ0) is 18.6. The molecule has 0 aliphatic carbocycles. The Balaban J connectivity index is 2.07. The first-order valence-corrected chi connectivity index (χ1v) is 8.16. The van der Waals surface area contributed by atoms with Gasteiger partial charge in [0.05, 0.1) is 16.6 Å². The summed E-state index contributed by atoms with van der Waals surface area (Å²) in [6, 6.07) is 9.64. The minimum atomic E-state index is -0.335. The van der Waals surface area contributed by atoms with E-state index in [9.17, 15) is 14.0 Å². The third-order valence-corrected chi connectivity index (χ3v) is 4.53. The number of aromatic amines is 1. The molecule has 130 valence electrons. The molecule has 26 heavy (non-hydrogen) atoms. The molecule has 0 aliphatic heterocycles. The van der Waals surface area contributed by atoms with E-state index in [1.54, 1.807) is 31.3 Å². The minimum Gasteiger partial charge on any atom is -0.352 e. The summed E-state index contributed by atoms with van der Waals surface area (Å²) < 4.78 is 14.9. The number of ketones is 1. The first-order valence-electron chi connectivity index (χ1n) is 8.16. The van der Waals surface area contributed by atoms with Crippen LogP contribution in [0.25, 0.3) is 33.3 Å². The zero-order valence-electron chi connectivity index (χ0n) is 14.6. The lowest BCUT2D eigenvalue weighted by molar-refractivity contribution is 0.101. The lowest BCUT2D eigenvalue weighted by Gasteiger charge is -2.10. The van der Waals surface area contributed by atoms with Crippen LogP contribution in [0.15, 0.2) is 41.2 Å². The standard InChI is InChI=1S/C20H16FN3O2/c1-10-6-14(11(2)25)18-15(7-10)20(26)24(3)19(23-18)17-9-12-8-13(21)4-5-16(12)22-17/h4-9,22H,1-3H3. The Kier molecular flexibility index (Phi) is 3.50. The van der Waals surface area contributed by atoms with Gasteiger partial charge in [-0.3, -0.25) is 14.2 Å². The highest BCUT2D eigenvalue weighted by Gasteiger charge is 2.17. The van der Waals surface area contributed by atoms with Gasteiger partial charge < -0.3 is 4.98 Å². The number of nitrogens with zero attached hydrogens (tertiary/aromatic N) is 2. The molecular formula is C20H16FN3O2. The van der Waals surface area contributed by atoms with Gasteiger partial charge in [0, 0.05) is 23.5 Å². The van der Waals surface area contributed by atoms with Gasteiger partial charge in [-0.25, -0.2) is 9.37 Å². The second-order valence-electron chi connectivity index (χ2n) is 6.48. The first-order chi connectivity index (χ1) is 12.3. The molecule has 0 fully saturated rings. The van der Waals surface area contributed by atoms with E-state index in [1.807, 2.05) is 6.92 Å². The van der Waals surface area contributed by atoms with Crippen molar-refractivity contribution in [2.24, 2.45) is 7.05 Å². The fourth-order valence-electron chi connectivity index (χ4n) is 3.25. The number of aromatic nitrogens is 3. The van der Waals surface area contributed by atoms with Crippen LogP contribution in [-0.2, 0) is 7.05 Å². The summed E-state index contributed by atoms with van der Waals surface area (Å²) in [6.07, 6.45) is 0. The molecule has 1 N–H and O–H groups in total. The molecule has 6 heteroatoms. The van der Waals surface area contributed by atoms with E-state index in [4.69, 9.17) is 0 Å². The topological polar surface area (TPSA) is 67.8 Å². The van der Waals surface area contributed by atoms with Gasteiger partial charge in [-0.05, 0) is 55.8 Å². The summed E-state index contributed by atoms with van der Waals surface area (Å²) in [5.41, 5.74) is 2.72. The van der Waals surface area contributed by atoms with E-state index in [2.05, 4.69) is 9.97 Å². The van der Waals surface area contributed by atoms with Gasteiger partial charge in [0.15, 0.2) is 11.6 Å². The van der Waals surface area contributed by atoms with Crippen molar-refractivity contribution in [2.75, 3.05) is 0 Å². The van der Waals surface area contributed by atoms with Crippen LogP contribution in [0, 0.1) is 12.7 Å². The number of halogens is 1. The fraction of sp³-hybridized carbons (Fsp3) is 0.150. The van der Waals surface area contributed by atoms with Crippen molar-refractivity contribution in [2.45, 2.75) is 13.8 Å². The molecule has 0 atom stereocenters. The molecule has 2 aromatic carbocycles. The molecular weight excluding hydrogens is 333 g/mol. The summed E-state index contributed by atoms with van der Waals surface area (Å²) in [7, 11) is 1.63. The second-order valence-corrected chi connectivity index (χ2v) is 6.48. The summed E-state index contributed by atoms with van der Waals surface area (Å²) in [6.45, 7) is 3.30. The van der Waals surface area contributed by atoms with Crippen molar-refractivity contribution in [1.29, 1.82) is 0 Å². The van der Waals surface area contributed by atoms with Gasteiger partial charge >= 0.3 is 0 Å². The minimum absolute atomic E-state index is 0.149. The van der Waals surface area contributed by atoms with Crippen molar-refractivity contribution in [3.05, 3.63) is 63.7 Å². The second kappa shape index (κ2) is 5.62. The van der Waals surface area contributed by atoms with Crippen molar-refractivity contribution in [3.63, 3.8) is 0 Å². The number of Topliss-reactive ketones (excluding diaryl/α,β-unsaturated/α-hetero) is 1. The van der Waals surface area contributed by atoms with Crippen LogP contribution in [-0.4, -0.2) is 20.3 Å². The monoisotopic (exact) mass is 349 g/mol. The van der Waals surface area contributed by atoms with Crippen LogP contribution in [0.2, 0.25) is 0 Å².